The Hall–Kier alpha value is -4.41. The van der Waals surface area contributed by atoms with Gasteiger partial charge in [-0.2, -0.15) is 3.71 Å². The van der Waals surface area contributed by atoms with Crippen LogP contribution in [0.4, 0.5) is 5.69 Å². The molecule has 0 amide bonds. The Bertz CT molecular complexity index is 1870. The van der Waals surface area contributed by atoms with Gasteiger partial charge < -0.3 is 9.15 Å². The highest BCUT2D eigenvalue weighted by molar-refractivity contribution is 8.10. The van der Waals surface area contributed by atoms with Crippen molar-refractivity contribution in [2.24, 2.45) is 0 Å². The van der Waals surface area contributed by atoms with Gasteiger partial charge in [0.1, 0.15) is 12.2 Å². The number of nitrogens with zero attached hydrogens (tertiary/aromatic N) is 1. The van der Waals surface area contributed by atoms with Crippen LogP contribution in [0.25, 0.3) is 11.0 Å². The van der Waals surface area contributed by atoms with Crippen molar-refractivity contribution in [2.45, 2.75) is 30.2 Å². The molecule has 204 valence electrons. The van der Waals surface area contributed by atoms with Crippen LogP contribution in [-0.2, 0) is 26.7 Å². The van der Waals surface area contributed by atoms with E-state index in [1.165, 1.54) is 48.5 Å². The molecule has 4 aromatic carbocycles. The van der Waals surface area contributed by atoms with E-state index in [-0.39, 0.29) is 38.8 Å². The number of fused-ring (bicyclic) bond motifs is 1. The van der Waals surface area contributed by atoms with E-state index in [4.69, 9.17) is 9.15 Å². The van der Waals surface area contributed by atoms with Crippen molar-refractivity contribution in [3.63, 3.8) is 0 Å². The summed E-state index contributed by atoms with van der Waals surface area (Å²) in [5.74, 6) is -0.0946. The van der Waals surface area contributed by atoms with E-state index < -0.39 is 25.7 Å². The summed E-state index contributed by atoms with van der Waals surface area (Å²) in [6.45, 7) is 3.70. The van der Waals surface area contributed by atoms with E-state index in [1.54, 1.807) is 38.1 Å². The summed E-state index contributed by atoms with van der Waals surface area (Å²) >= 11 is 0. The molecule has 0 N–H and O–H groups in total. The van der Waals surface area contributed by atoms with Crippen LogP contribution < -0.4 is 14.1 Å². The average molecular weight is 576 g/mol. The van der Waals surface area contributed by atoms with E-state index in [0.717, 1.165) is 16.7 Å². The molecule has 0 aliphatic heterocycles. The lowest BCUT2D eigenvalue weighted by molar-refractivity contribution is 0.291. The van der Waals surface area contributed by atoms with Gasteiger partial charge in [0, 0.05) is 5.39 Å². The summed E-state index contributed by atoms with van der Waals surface area (Å²) in [5, 5.41) is 0.281. The second kappa shape index (κ2) is 10.6. The average Bonchev–Trinajstić information content (AvgIpc) is 2.93. The van der Waals surface area contributed by atoms with Gasteiger partial charge in [-0.3, -0.25) is 0 Å². The second-order valence-corrected chi connectivity index (χ2v) is 13.0. The van der Waals surface area contributed by atoms with Crippen LogP contribution in [0.1, 0.15) is 16.7 Å². The number of hydrogen-bond acceptors (Lipinski definition) is 7. The molecule has 0 spiro atoms. The number of hydrogen-bond donors (Lipinski definition) is 0. The molecule has 0 aliphatic carbocycles. The molecule has 0 atom stereocenters. The van der Waals surface area contributed by atoms with Crippen LogP contribution in [0.15, 0.2) is 122 Å². The van der Waals surface area contributed by atoms with Crippen molar-refractivity contribution in [1.82, 2.24) is 0 Å². The summed E-state index contributed by atoms with van der Waals surface area (Å²) in [6.07, 6.45) is 0. The Kier molecular flexibility index (Phi) is 7.22. The van der Waals surface area contributed by atoms with E-state index >= 15 is 0 Å². The lowest BCUT2D eigenvalue weighted by Gasteiger charge is -2.24. The van der Waals surface area contributed by atoms with Gasteiger partial charge in [0.05, 0.1) is 15.5 Å². The van der Waals surface area contributed by atoms with E-state index in [1.807, 2.05) is 30.3 Å². The number of anilines is 1. The number of sulfonamides is 2. The third-order valence-corrected chi connectivity index (χ3v) is 10.4. The minimum absolute atomic E-state index is 0.0946. The monoisotopic (exact) mass is 575 g/mol. The van der Waals surface area contributed by atoms with Crippen molar-refractivity contribution < 1.29 is 26.0 Å². The summed E-state index contributed by atoms with van der Waals surface area (Å²) in [7, 11) is -9.20. The van der Waals surface area contributed by atoms with Gasteiger partial charge in [-0.05, 0) is 67.9 Å². The molecule has 8 nitrogen and oxygen atoms in total. The number of rotatable bonds is 8. The predicted octanol–water partition coefficient (Wildman–Crippen LogP) is 5.57. The van der Waals surface area contributed by atoms with Crippen LogP contribution in [0.2, 0.25) is 0 Å². The Morgan fingerprint density at radius 3 is 1.80 bits per heavy atom. The van der Waals surface area contributed by atoms with Gasteiger partial charge in [-0.15, -0.1) is 0 Å². The fraction of sp³-hybridized carbons (Fsp3) is 0.100. The van der Waals surface area contributed by atoms with Crippen LogP contribution in [0, 0.1) is 13.8 Å². The summed E-state index contributed by atoms with van der Waals surface area (Å²) in [5.41, 5.74) is 1.73. The first-order valence-corrected chi connectivity index (χ1v) is 15.1. The van der Waals surface area contributed by atoms with E-state index in [9.17, 15) is 21.6 Å². The Morgan fingerprint density at radius 1 is 0.700 bits per heavy atom. The normalized spacial score (nSPS) is 11.8. The van der Waals surface area contributed by atoms with Crippen molar-refractivity contribution >= 4 is 36.7 Å². The number of aryl methyl sites for hydroxylation is 2. The molecule has 0 saturated carbocycles. The molecule has 0 bridgehead atoms. The summed E-state index contributed by atoms with van der Waals surface area (Å²) < 4.78 is 67.0. The smallest absolute Gasteiger partial charge is 0.379 e. The molecule has 0 saturated heterocycles. The fourth-order valence-electron chi connectivity index (χ4n) is 4.06. The molecule has 40 heavy (non-hydrogen) atoms. The van der Waals surface area contributed by atoms with Gasteiger partial charge in [0.25, 0.3) is 20.0 Å². The maximum absolute atomic E-state index is 13.9. The van der Waals surface area contributed by atoms with Crippen LogP contribution in [-0.4, -0.2) is 16.8 Å². The maximum Gasteiger partial charge on any atom is 0.379 e. The molecule has 5 aromatic rings. The van der Waals surface area contributed by atoms with Crippen LogP contribution in [0.5, 0.6) is 5.75 Å². The maximum atomic E-state index is 13.9. The topological polar surface area (TPSA) is 111 Å². The molecule has 1 aromatic heterocycles. The molecule has 0 fully saturated rings. The quantitative estimate of drug-likeness (QED) is 0.222. The zero-order valence-corrected chi connectivity index (χ0v) is 23.3. The van der Waals surface area contributed by atoms with Gasteiger partial charge in [-0.25, -0.2) is 21.6 Å². The predicted molar refractivity (Wildman–Crippen MR) is 152 cm³/mol. The molecular weight excluding hydrogens is 550 g/mol. The first-order chi connectivity index (χ1) is 19.1. The van der Waals surface area contributed by atoms with Crippen molar-refractivity contribution in [2.75, 3.05) is 3.71 Å². The minimum Gasteiger partial charge on any atom is -0.482 e. The highest BCUT2D eigenvalue weighted by Crippen LogP contribution is 2.33. The highest BCUT2D eigenvalue weighted by Gasteiger charge is 2.37. The first-order valence-electron chi connectivity index (χ1n) is 12.2. The Balaban J connectivity index is 1.64. The van der Waals surface area contributed by atoms with Crippen LogP contribution >= 0.6 is 0 Å². The Morgan fingerprint density at radius 2 is 1.25 bits per heavy atom. The molecule has 0 aliphatic rings. The lowest BCUT2D eigenvalue weighted by Crippen LogP contribution is -2.37. The SMILES string of the molecule is Cc1ccc(S(=O)(=O)N(c2ccc3oc(=O)c(OCc4ccccc4)cc3c2)S(=O)(=O)c2ccc(C)cc2)cc1. The van der Waals surface area contributed by atoms with Crippen molar-refractivity contribution in [3.8, 4) is 5.75 Å². The summed E-state index contributed by atoms with van der Waals surface area (Å²) in [4.78, 5) is 12.1. The molecule has 0 unspecified atom stereocenters. The molecule has 0 radical (unpaired) electrons. The van der Waals surface area contributed by atoms with Gasteiger partial charge >= 0.3 is 5.63 Å². The zero-order chi connectivity index (χ0) is 28.5. The zero-order valence-electron chi connectivity index (χ0n) is 21.6. The van der Waals surface area contributed by atoms with Crippen molar-refractivity contribution in [3.05, 3.63) is 130 Å². The fourth-order valence-corrected chi connectivity index (χ4v) is 7.74. The molecular formula is C30H25NO7S2. The molecule has 1 heterocycles. The largest absolute Gasteiger partial charge is 0.482 e. The summed E-state index contributed by atoms with van der Waals surface area (Å²) in [6, 6.07) is 26.4. The van der Waals surface area contributed by atoms with E-state index in [0.29, 0.717) is 3.71 Å². The van der Waals surface area contributed by atoms with Crippen LogP contribution in [0.3, 0.4) is 0 Å². The Labute approximate surface area is 232 Å². The third kappa shape index (κ3) is 5.36. The number of benzene rings is 4. The highest BCUT2D eigenvalue weighted by atomic mass is 32.3. The molecule has 5 rings (SSSR count). The third-order valence-electron chi connectivity index (χ3n) is 6.21. The molecule has 10 heteroatoms. The van der Waals surface area contributed by atoms with Gasteiger partial charge in [0.2, 0.25) is 5.75 Å². The lowest BCUT2D eigenvalue weighted by atomic mass is 10.2. The standard InChI is InChI=1S/C30H25NO7S2/c1-21-8-13-26(14-9-21)39(33,34)31(40(35,36)27-15-10-22(2)11-16-27)25-12-17-28-24(18-25)19-29(30(32)38-28)37-20-23-6-4-3-5-7-23/h3-19H,20H2,1-2H3. The second-order valence-electron chi connectivity index (χ2n) is 9.23. The van der Waals surface area contributed by atoms with Gasteiger partial charge in [0.15, 0.2) is 0 Å². The van der Waals surface area contributed by atoms with Gasteiger partial charge in [-0.1, -0.05) is 65.7 Å². The van der Waals surface area contributed by atoms with E-state index in [2.05, 4.69) is 0 Å². The van der Waals surface area contributed by atoms with Crippen molar-refractivity contribution in [1.29, 1.82) is 0 Å². The first kappa shape index (κ1) is 27.2. The number of ether oxygens (including phenoxy) is 1. The minimum atomic E-state index is -4.60.